The molecule has 11 nitrogen and oxygen atoms in total. The first kappa shape index (κ1) is 29.0. The molecule has 3 heterocycles. The van der Waals surface area contributed by atoms with Gasteiger partial charge in [0.15, 0.2) is 17.4 Å². The number of rotatable bonds is 7. The summed E-state index contributed by atoms with van der Waals surface area (Å²) in [4.78, 5) is 44.4. The van der Waals surface area contributed by atoms with Gasteiger partial charge in [-0.15, -0.1) is 0 Å². The molecule has 1 saturated carbocycles. The summed E-state index contributed by atoms with van der Waals surface area (Å²) in [5.41, 5.74) is 0.634. The van der Waals surface area contributed by atoms with Gasteiger partial charge in [-0.1, -0.05) is 11.6 Å². The summed E-state index contributed by atoms with van der Waals surface area (Å²) in [5, 5.41) is 18.5. The van der Waals surface area contributed by atoms with E-state index in [1.165, 1.54) is 55.3 Å². The summed E-state index contributed by atoms with van der Waals surface area (Å²) in [6, 6.07) is 6.66. The number of methoxy groups -OCH3 is 1. The van der Waals surface area contributed by atoms with E-state index in [0.717, 1.165) is 0 Å². The lowest BCUT2D eigenvalue weighted by Gasteiger charge is -2.23. The van der Waals surface area contributed by atoms with Crippen molar-refractivity contribution in [2.75, 3.05) is 32.1 Å². The van der Waals surface area contributed by atoms with Crippen LogP contribution in [0.25, 0.3) is 11.3 Å². The number of β-amino-alcohol motifs (C(OH)–C–C–N with tert-alkyl or cyclic N) is 1. The van der Waals surface area contributed by atoms with E-state index in [4.69, 9.17) is 16.3 Å². The molecule has 2 aliphatic heterocycles. The molecule has 4 N–H and O–H groups in total. The number of carbonyl (C=O) groups excluding carboxylic acids is 3. The quantitative estimate of drug-likeness (QED) is 0.320. The molecule has 1 aliphatic carbocycles. The number of benzene rings is 2. The number of imidazole rings is 1. The number of hydrogen-bond donors (Lipinski definition) is 4. The van der Waals surface area contributed by atoms with Crippen LogP contribution in [0.4, 0.5) is 14.5 Å². The number of fused-ring (bicyclic) bond motifs is 1. The van der Waals surface area contributed by atoms with Crippen molar-refractivity contribution in [2.24, 2.45) is 18.9 Å². The first-order chi connectivity index (χ1) is 20.6. The maximum atomic E-state index is 14.6. The summed E-state index contributed by atoms with van der Waals surface area (Å²) in [5.74, 6) is -3.23. The monoisotopic (exact) mass is 614 g/mol. The minimum Gasteiger partial charge on any atom is -0.494 e. The molecule has 6 rings (SSSR count). The van der Waals surface area contributed by atoms with Gasteiger partial charge in [0, 0.05) is 55.8 Å². The fourth-order valence-electron chi connectivity index (χ4n) is 6.00. The van der Waals surface area contributed by atoms with Gasteiger partial charge in [0.1, 0.15) is 0 Å². The van der Waals surface area contributed by atoms with Crippen LogP contribution in [-0.4, -0.2) is 82.2 Å². The molecule has 1 aromatic heterocycles. The lowest BCUT2D eigenvalue weighted by molar-refractivity contribution is -0.132. The molecule has 0 spiro atoms. The van der Waals surface area contributed by atoms with Crippen LogP contribution in [0, 0.1) is 23.5 Å². The van der Waals surface area contributed by atoms with Gasteiger partial charge < -0.3 is 35.3 Å². The van der Waals surface area contributed by atoms with E-state index < -0.39 is 23.6 Å². The minimum atomic E-state index is -1.15. The summed E-state index contributed by atoms with van der Waals surface area (Å²) >= 11 is 6.40. The lowest BCUT2D eigenvalue weighted by atomic mass is 10.1. The van der Waals surface area contributed by atoms with E-state index >= 15 is 0 Å². The Kier molecular flexibility index (Phi) is 7.57. The molecule has 3 fully saturated rings. The zero-order valence-electron chi connectivity index (χ0n) is 23.2. The number of ether oxygens (including phenoxy) is 1. The minimum absolute atomic E-state index is 0.0157. The smallest absolute Gasteiger partial charge is 0.291 e. The Morgan fingerprint density at radius 1 is 1.12 bits per heavy atom. The lowest BCUT2D eigenvalue weighted by Crippen LogP contribution is -2.45. The van der Waals surface area contributed by atoms with E-state index in [1.807, 2.05) is 0 Å². The Hall–Kier alpha value is -4.07. The fourth-order valence-corrected chi connectivity index (χ4v) is 6.26. The van der Waals surface area contributed by atoms with Crippen molar-refractivity contribution < 1.29 is 33.0 Å². The Morgan fingerprint density at radius 2 is 1.86 bits per heavy atom. The number of hydrogen-bond acceptors (Lipinski definition) is 7. The van der Waals surface area contributed by atoms with Gasteiger partial charge in [-0.25, -0.2) is 9.37 Å². The van der Waals surface area contributed by atoms with E-state index in [9.17, 15) is 28.3 Å². The number of halogens is 3. The first-order valence-corrected chi connectivity index (χ1v) is 14.1. The molecule has 3 aromatic rings. The number of aromatic nitrogens is 2. The molecule has 2 saturated heterocycles. The normalized spacial score (nSPS) is 24.0. The number of aliphatic hydroxyl groups is 1. The third-order valence-electron chi connectivity index (χ3n) is 8.41. The first-order valence-electron chi connectivity index (χ1n) is 13.7. The molecule has 2 aromatic carbocycles. The third-order valence-corrected chi connectivity index (χ3v) is 8.73. The van der Waals surface area contributed by atoms with Crippen molar-refractivity contribution in [3.05, 3.63) is 64.6 Å². The average molecular weight is 615 g/mol. The zero-order chi connectivity index (χ0) is 30.6. The topological polar surface area (TPSA) is 138 Å². The molecular weight excluding hydrogens is 586 g/mol. The van der Waals surface area contributed by atoms with Crippen molar-refractivity contribution in [2.45, 2.75) is 24.6 Å². The maximum absolute atomic E-state index is 14.6. The molecule has 0 radical (unpaired) electrons. The van der Waals surface area contributed by atoms with Gasteiger partial charge in [0.2, 0.25) is 11.7 Å². The van der Waals surface area contributed by atoms with Gasteiger partial charge in [-0.05, 0) is 36.8 Å². The number of nitrogens with zero attached hydrogens (tertiary/aromatic N) is 3. The number of carbonyl (C=O) groups is 3. The highest BCUT2D eigenvalue weighted by Crippen LogP contribution is 2.46. The summed E-state index contributed by atoms with van der Waals surface area (Å²) < 4.78 is 35.0. The highest BCUT2D eigenvalue weighted by Gasteiger charge is 2.58. The number of anilines is 1. The molecule has 1 unspecified atom stereocenters. The van der Waals surface area contributed by atoms with Crippen molar-refractivity contribution in [3.8, 4) is 17.0 Å². The second kappa shape index (κ2) is 11.2. The number of piperidine rings is 1. The van der Waals surface area contributed by atoms with Crippen LogP contribution in [0.3, 0.4) is 0 Å². The van der Waals surface area contributed by atoms with E-state index in [2.05, 4.69) is 20.9 Å². The van der Waals surface area contributed by atoms with E-state index in [0.29, 0.717) is 31.7 Å². The van der Waals surface area contributed by atoms with Gasteiger partial charge in [0.25, 0.3) is 11.8 Å². The van der Waals surface area contributed by atoms with Crippen molar-refractivity contribution >= 4 is 35.0 Å². The van der Waals surface area contributed by atoms with Gasteiger partial charge >= 0.3 is 0 Å². The van der Waals surface area contributed by atoms with Gasteiger partial charge in [0.05, 0.1) is 41.7 Å². The number of aliphatic hydroxyl groups excluding tert-OH is 1. The predicted molar refractivity (Wildman–Crippen MR) is 152 cm³/mol. The Labute approximate surface area is 250 Å². The van der Waals surface area contributed by atoms with Crippen LogP contribution in [0.2, 0.25) is 5.02 Å². The van der Waals surface area contributed by atoms with Crippen LogP contribution >= 0.6 is 11.6 Å². The fraction of sp³-hybridized carbons (Fsp3) is 0.379. The molecule has 14 heteroatoms. The van der Waals surface area contributed by atoms with E-state index in [1.54, 1.807) is 4.90 Å². The third kappa shape index (κ3) is 5.32. The second-order valence-corrected chi connectivity index (χ2v) is 11.4. The molecule has 0 bridgehead atoms. The molecule has 226 valence electrons. The molecular formula is C29H29ClF2N6O5. The number of nitrogens with one attached hydrogen (secondary N) is 3. The predicted octanol–water partition coefficient (Wildman–Crippen LogP) is 2.19. The zero-order valence-corrected chi connectivity index (χ0v) is 24.0. The Morgan fingerprint density at radius 3 is 2.51 bits per heavy atom. The summed E-state index contributed by atoms with van der Waals surface area (Å²) in [7, 11) is 2.73. The van der Waals surface area contributed by atoms with Crippen LogP contribution in [-0.2, 0) is 11.8 Å². The second-order valence-electron chi connectivity index (χ2n) is 11.0. The van der Waals surface area contributed by atoms with Gasteiger partial charge in [-0.2, -0.15) is 4.39 Å². The van der Waals surface area contributed by atoms with Crippen molar-refractivity contribution in [1.82, 2.24) is 25.1 Å². The molecule has 5 atom stereocenters. The average Bonchev–Trinajstić information content (AvgIpc) is 3.40. The van der Waals surface area contributed by atoms with E-state index in [-0.39, 0.29) is 69.2 Å². The molecule has 43 heavy (non-hydrogen) atoms. The van der Waals surface area contributed by atoms with Crippen molar-refractivity contribution in [1.29, 1.82) is 0 Å². The Bertz CT molecular complexity index is 1620. The summed E-state index contributed by atoms with van der Waals surface area (Å²) in [6.07, 6.45) is 1.17. The SMILES string of the molecule is COc1ccc(-c2cnc(C(=O)Nc3ccc(C(=O)NC4[C@H]5CN(C(=O)[C@@H]6C[C@@H](O)CN6)C[C@@H]45)c(Cl)c3)n2C)c(F)c1F. The highest BCUT2D eigenvalue weighted by atomic mass is 35.5. The van der Waals surface area contributed by atoms with Crippen LogP contribution in [0.1, 0.15) is 27.4 Å². The van der Waals surface area contributed by atoms with Crippen LogP contribution < -0.4 is 20.7 Å². The standard InChI is InChI=1S/C29H29ClF2N6O5/c1-37-21(16-5-6-22(43-2)24(32)23(16)31)10-34-26(37)28(41)35-13-3-4-15(19(30)7-13)27(40)36-25-17-11-38(12-18(17)25)29(42)20-8-14(39)9-33-20/h3-7,10,14,17-18,20,25,33,39H,8-9,11-12H2,1-2H3,(H,35,41)(H,36,40)/t14-,17-,18+,20+,25?/m1/s1. The molecule has 3 aliphatic rings. The van der Waals surface area contributed by atoms with Crippen LogP contribution in [0.15, 0.2) is 36.5 Å². The maximum Gasteiger partial charge on any atom is 0.291 e. The number of amides is 3. The Balaban J connectivity index is 1.06. The summed E-state index contributed by atoms with van der Waals surface area (Å²) in [6.45, 7) is 1.52. The molecule has 3 amide bonds. The van der Waals surface area contributed by atoms with Crippen LogP contribution in [0.5, 0.6) is 5.75 Å². The van der Waals surface area contributed by atoms with Gasteiger partial charge in [-0.3, -0.25) is 14.4 Å². The highest BCUT2D eigenvalue weighted by molar-refractivity contribution is 6.34. The largest absolute Gasteiger partial charge is 0.494 e. The number of likely N-dealkylation sites (tertiary alicyclic amines) is 1. The van der Waals surface area contributed by atoms with Crippen molar-refractivity contribution in [3.63, 3.8) is 0 Å².